The molecule has 0 atom stereocenters. The standard InChI is InChI=1S/C9H7F3N2S/c1-6-4-14(7-2-3-15-5-7)13-8(6)9(10,11)12/h2-5H,1H3. The highest BCUT2D eigenvalue weighted by atomic mass is 32.1. The van der Waals surface area contributed by atoms with E-state index in [-0.39, 0.29) is 5.56 Å². The summed E-state index contributed by atoms with van der Waals surface area (Å²) in [6.07, 6.45) is -3.00. The van der Waals surface area contributed by atoms with Crippen LogP contribution in [0.1, 0.15) is 11.3 Å². The molecule has 6 heteroatoms. The second-order valence-electron chi connectivity index (χ2n) is 3.08. The molecule has 2 rings (SSSR count). The number of hydrogen-bond acceptors (Lipinski definition) is 2. The van der Waals surface area contributed by atoms with E-state index >= 15 is 0 Å². The summed E-state index contributed by atoms with van der Waals surface area (Å²) >= 11 is 1.41. The minimum absolute atomic E-state index is 0.133. The molecule has 0 unspecified atom stereocenters. The molecule has 2 aromatic rings. The molecule has 0 aliphatic heterocycles. The van der Waals surface area contributed by atoms with Crippen molar-refractivity contribution in [2.45, 2.75) is 13.1 Å². The van der Waals surface area contributed by atoms with Crippen LogP contribution in [0.3, 0.4) is 0 Å². The summed E-state index contributed by atoms with van der Waals surface area (Å²) < 4.78 is 38.5. The van der Waals surface area contributed by atoms with Crippen molar-refractivity contribution in [3.8, 4) is 5.69 Å². The lowest BCUT2D eigenvalue weighted by molar-refractivity contribution is -0.141. The predicted molar refractivity (Wildman–Crippen MR) is 51.2 cm³/mol. The van der Waals surface area contributed by atoms with Gasteiger partial charge in [0.15, 0.2) is 5.69 Å². The van der Waals surface area contributed by atoms with Crippen LogP contribution in [0, 0.1) is 6.92 Å². The van der Waals surface area contributed by atoms with Crippen LogP contribution in [-0.2, 0) is 6.18 Å². The Morgan fingerprint density at radius 1 is 1.40 bits per heavy atom. The second-order valence-corrected chi connectivity index (χ2v) is 3.86. The molecule has 0 saturated heterocycles. The molecule has 0 amide bonds. The van der Waals surface area contributed by atoms with Crippen molar-refractivity contribution in [2.75, 3.05) is 0 Å². The lowest BCUT2D eigenvalue weighted by atomic mass is 10.3. The van der Waals surface area contributed by atoms with Crippen molar-refractivity contribution in [3.05, 3.63) is 34.3 Å². The number of aryl methyl sites for hydroxylation is 1. The van der Waals surface area contributed by atoms with Gasteiger partial charge in [-0.15, -0.1) is 0 Å². The summed E-state index contributed by atoms with van der Waals surface area (Å²) in [6.45, 7) is 1.40. The molecule has 0 fully saturated rings. The fraction of sp³-hybridized carbons (Fsp3) is 0.222. The van der Waals surface area contributed by atoms with E-state index in [2.05, 4.69) is 5.10 Å². The minimum atomic E-state index is -4.38. The van der Waals surface area contributed by atoms with Gasteiger partial charge in [0.25, 0.3) is 0 Å². The zero-order valence-corrected chi connectivity index (χ0v) is 8.56. The number of thiophene rings is 1. The van der Waals surface area contributed by atoms with Gasteiger partial charge in [-0.1, -0.05) is 0 Å². The maximum atomic E-state index is 12.4. The van der Waals surface area contributed by atoms with Crippen LogP contribution in [0.15, 0.2) is 23.0 Å². The maximum Gasteiger partial charge on any atom is 0.435 e. The largest absolute Gasteiger partial charge is 0.435 e. The fourth-order valence-corrected chi connectivity index (χ4v) is 1.88. The van der Waals surface area contributed by atoms with E-state index in [1.54, 1.807) is 16.8 Å². The Morgan fingerprint density at radius 3 is 2.60 bits per heavy atom. The van der Waals surface area contributed by atoms with Gasteiger partial charge in [0, 0.05) is 11.6 Å². The van der Waals surface area contributed by atoms with E-state index in [0.29, 0.717) is 5.69 Å². The van der Waals surface area contributed by atoms with E-state index in [9.17, 15) is 13.2 Å². The van der Waals surface area contributed by atoms with Crippen molar-refractivity contribution < 1.29 is 13.2 Å². The average molecular weight is 232 g/mol. The molecule has 2 nitrogen and oxygen atoms in total. The lowest BCUT2D eigenvalue weighted by Crippen LogP contribution is -2.08. The zero-order valence-electron chi connectivity index (χ0n) is 7.75. The molecule has 2 heterocycles. The Morgan fingerprint density at radius 2 is 2.13 bits per heavy atom. The Kier molecular flexibility index (Phi) is 2.30. The summed E-state index contributed by atoms with van der Waals surface area (Å²) in [4.78, 5) is 0. The quantitative estimate of drug-likeness (QED) is 0.737. The monoisotopic (exact) mass is 232 g/mol. The van der Waals surface area contributed by atoms with Gasteiger partial charge in [0.05, 0.1) is 5.69 Å². The third-order valence-corrected chi connectivity index (χ3v) is 2.61. The van der Waals surface area contributed by atoms with Crippen LogP contribution >= 0.6 is 11.3 Å². The zero-order chi connectivity index (χ0) is 11.1. The molecule has 0 saturated carbocycles. The highest BCUT2D eigenvalue weighted by Crippen LogP contribution is 2.30. The topological polar surface area (TPSA) is 17.8 Å². The third kappa shape index (κ3) is 1.90. The Labute approximate surface area is 88.0 Å². The molecule has 0 spiro atoms. The molecule has 80 valence electrons. The SMILES string of the molecule is Cc1cn(-c2ccsc2)nc1C(F)(F)F. The van der Waals surface area contributed by atoms with Gasteiger partial charge in [0.1, 0.15) is 0 Å². The number of rotatable bonds is 1. The van der Waals surface area contributed by atoms with E-state index in [1.165, 1.54) is 29.1 Å². The van der Waals surface area contributed by atoms with Crippen LogP contribution in [0.25, 0.3) is 5.69 Å². The van der Waals surface area contributed by atoms with Gasteiger partial charge in [-0.25, -0.2) is 4.68 Å². The van der Waals surface area contributed by atoms with Gasteiger partial charge in [-0.3, -0.25) is 0 Å². The molecule has 0 bridgehead atoms. The van der Waals surface area contributed by atoms with E-state index in [1.807, 2.05) is 0 Å². The van der Waals surface area contributed by atoms with Crippen molar-refractivity contribution in [1.82, 2.24) is 9.78 Å². The molecule has 15 heavy (non-hydrogen) atoms. The molecular weight excluding hydrogens is 225 g/mol. The Bertz CT molecular complexity index is 456. The fourth-order valence-electron chi connectivity index (χ4n) is 1.26. The van der Waals surface area contributed by atoms with Crippen molar-refractivity contribution in [3.63, 3.8) is 0 Å². The average Bonchev–Trinajstić information content (AvgIpc) is 2.68. The first-order chi connectivity index (χ1) is 6.98. The highest BCUT2D eigenvalue weighted by molar-refractivity contribution is 7.08. The van der Waals surface area contributed by atoms with Crippen molar-refractivity contribution in [1.29, 1.82) is 0 Å². The first kappa shape index (κ1) is 10.2. The maximum absolute atomic E-state index is 12.4. The number of nitrogens with zero attached hydrogens (tertiary/aromatic N) is 2. The Balaban J connectivity index is 2.47. The molecule has 0 aliphatic carbocycles. The molecule has 0 aromatic carbocycles. The minimum Gasteiger partial charge on any atom is -0.239 e. The normalized spacial score (nSPS) is 12.0. The van der Waals surface area contributed by atoms with Crippen LogP contribution in [0.5, 0.6) is 0 Å². The van der Waals surface area contributed by atoms with Gasteiger partial charge in [-0.05, 0) is 23.9 Å². The first-order valence-electron chi connectivity index (χ1n) is 4.14. The van der Waals surface area contributed by atoms with Gasteiger partial charge < -0.3 is 0 Å². The number of alkyl halides is 3. The smallest absolute Gasteiger partial charge is 0.239 e. The van der Waals surface area contributed by atoms with E-state index in [0.717, 1.165) is 0 Å². The van der Waals surface area contributed by atoms with Crippen LogP contribution in [0.2, 0.25) is 0 Å². The molecular formula is C9H7F3N2S. The van der Waals surface area contributed by atoms with E-state index in [4.69, 9.17) is 0 Å². The first-order valence-corrected chi connectivity index (χ1v) is 5.09. The van der Waals surface area contributed by atoms with Crippen LogP contribution in [-0.4, -0.2) is 9.78 Å². The summed E-state index contributed by atoms with van der Waals surface area (Å²) in [6, 6.07) is 1.72. The summed E-state index contributed by atoms with van der Waals surface area (Å²) in [5.41, 5.74) is -0.0407. The van der Waals surface area contributed by atoms with Crippen molar-refractivity contribution >= 4 is 11.3 Å². The highest BCUT2D eigenvalue weighted by Gasteiger charge is 2.36. The third-order valence-electron chi connectivity index (χ3n) is 1.94. The van der Waals surface area contributed by atoms with Gasteiger partial charge in [-0.2, -0.15) is 29.6 Å². The molecule has 0 radical (unpaired) electrons. The van der Waals surface area contributed by atoms with Crippen LogP contribution < -0.4 is 0 Å². The molecule has 0 N–H and O–H groups in total. The number of aromatic nitrogens is 2. The van der Waals surface area contributed by atoms with Crippen molar-refractivity contribution in [2.24, 2.45) is 0 Å². The molecule has 0 aliphatic rings. The summed E-state index contributed by atoms with van der Waals surface area (Å²) in [7, 11) is 0. The van der Waals surface area contributed by atoms with E-state index < -0.39 is 11.9 Å². The predicted octanol–water partition coefficient (Wildman–Crippen LogP) is 3.26. The lowest BCUT2D eigenvalue weighted by Gasteiger charge is -2.02. The number of halogens is 3. The van der Waals surface area contributed by atoms with Crippen LogP contribution in [0.4, 0.5) is 13.2 Å². The Hall–Kier alpha value is -1.30. The summed E-state index contributed by atoms with van der Waals surface area (Å²) in [5.74, 6) is 0. The summed E-state index contributed by atoms with van der Waals surface area (Å²) in [5, 5.41) is 7.06. The second kappa shape index (κ2) is 3.37. The van der Waals surface area contributed by atoms with Gasteiger partial charge in [0.2, 0.25) is 0 Å². The number of hydrogen-bond donors (Lipinski definition) is 0. The van der Waals surface area contributed by atoms with Gasteiger partial charge >= 0.3 is 6.18 Å². The molecule has 2 aromatic heterocycles.